The van der Waals surface area contributed by atoms with E-state index in [2.05, 4.69) is 0 Å². The minimum Gasteiger partial charge on any atom is -0.384 e. The van der Waals surface area contributed by atoms with Crippen LogP contribution in [0.4, 0.5) is 10.1 Å². The van der Waals surface area contributed by atoms with Crippen molar-refractivity contribution in [2.24, 2.45) is 5.73 Å². The molecule has 0 saturated carbocycles. The van der Waals surface area contributed by atoms with Crippen LogP contribution in [0.5, 0.6) is 0 Å². The molecule has 0 atom stereocenters. The third-order valence-electron chi connectivity index (χ3n) is 3.21. The summed E-state index contributed by atoms with van der Waals surface area (Å²) in [6, 6.07) is 12.3. The number of hydrogen-bond acceptors (Lipinski definition) is 3. The van der Waals surface area contributed by atoms with Gasteiger partial charge in [-0.2, -0.15) is 0 Å². The van der Waals surface area contributed by atoms with Gasteiger partial charge in [0.1, 0.15) is 11.7 Å². The molecule has 0 radical (unpaired) electrons. The number of thioether (sulfide) groups is 1. The predicted molar refractivity (Wildman–Crippen MR) is 87.7 cm³/mol. The Kier molecular flexibility index (Phi) is 4.85. The summed E-state index contributed by atoms with van der Waals surface area (Å²) in [5.41, 5.74) is 8.21. The van der Waals surface area contributed by atoms with Crippen LogP contribution in [0.15, 0.2) is 47.4 Å². The van der Waals surface area contributed by atoms with Crippen molar-refractivity contribution in [1.82, 2.24) is 0 Å². The zero-order valence-corrected chi connectivity index (χ0v) is 12.9. The SMILES string of the molecule is CSc1cccc(N(C)Cc2cccc(F)c2)c1C(=N)N. The molecule has 3 N–H and O–H groups in total. The van der Waals surface area contributed by atoms with Gasteiger partial charge in [-0.15, -0.1) is 11.8 Å². The Balaban J connectivity index is 2.35. The molecule has 0 aliphatic heterocycles. The number of benzene rings is 2. The van der Waals surface area contributed by atoms with Crippen LogP contribution in [0.1, 0.15) is 11.1 Å². The van der Waals surface area contributed by atoms with Crippen LogP contribution in [0.3, 0.4) is 0 Å². The van der Waals surface area contributed by atoms with Crippen molar-refractivity contribution in [2.45, 2.75) is 11.4 Å². The Morgan fingerprint density at radius 2 is 2.00 bits per heavy atom. The van der Waals surface area contributed by atoms with Gasteiger partial charge in [-0.3, -0.25) is 5.41 Å². The molecule has 0 spiro atoms. The van der Waals surface area contributed by atoms with Gasteiger partial charge < -0.3 is 10.6 Å². The van der Waals surface area contributed by atoms with Crippen molar-refractivity contribution in [3.8, 4) is 0 Å². The number of hydrogen-bond donors (Lipinski definition) is 2. The smallest absolute Gasteiger partial charge is 0.126 e. The van der Waals surface area contributed by atoms with E-state index in [1.165, 1.54) is 12.1 Å². The first kappa shape index (κ1) is 15.4. The molecule has 110 valence electrons. The van der Waals surface area contributed by atoms with E-state index in [1.54, 1.807) is 17.8 Å². The lowest BCUT2D eigenvalue weighted by molar-refractivity contribution is 0.625. The Morgan fingerprint density at radius 3 is 2.62 bits per heavy atom. The molecule has 0 aliphatic carbocycles. The number of nitrogens with two attached hydrogens (primary N) is 1. The van der Waals surface area contributed by atoms with Gasteiger partial charge >= 0.3 is 0 Å². The summed E-state index contributed by atoms with van der Waals surface area (Å²) < 4.78 is 13.3. The largest absolute Gasteiger partial charge is 0.384 e. The quantitative estimate of drug-likeness (QED) is 0.505. The van der Waals surface area contributed by atoms with E-state index in [9.17, 15) is 4.39 Å². The van der Waals surface area contributed by atoms with E-state index in [0.717, 1.165) is 21.7 Å². The average Bonchev–Trinajstić information content (AvgIpc) is 2.46. The molecule has 2 rings (SSSR count). The highest BCUT2D eigenvalue weighted by Crippen LogP contribution is 2.29. The van der Waals surface area contributed by atoms with Gasteiger partial charge in [0.2, 0.25) is 0 Å². The second-order valence-corrected chi connectivity index (χ2v) is 5.60. The first-order chi connectivity index (χ1) is 10.0. The van der Waals surface area contributed by atoms with Gasteiger partial charge in [0.05, 0.1) is 5.56 Å². The molecule has 0 amide bonds. The van der Waals surface area contributed by atoms with Gasteiger partial charge in [-0.05, 0) is 36.1 Å². The summed E-state index contributed by atoms with van der Waals surface area (Å²) in [6.07, 6.45) is 1.96. The van der Waals surface area contributed by atoms with Crippen molar-refractivity contribution < 1.29 is 4.39 Å². The first-order valence-corrected chi connectivity index (χ1v) is 7.72. The molecule has 21 heavy (non-hydrogen) atoms. The molecule has 3 nitrogen and oxygen atoms in total. The molecule has 5 heteroatoms. The molecule has 0 aliphatic rings. The van der Waals surface area contributed by atoms with Crippen LogP contribution in [-0.2, 0) is 6.54 Å². The highest BCUT2D eigenvalue weighted by atomic mass is 32.2. The maximum absolute atomic E-state index is 13.3. The van der Waals surface area contributed by atoms with E-state index < -0.39 is 0 Å². The predicted octanol–water partition coefficient (Wildman–Crippen LogP) is 3.47. The fourth-order valence-corrected chi connectivity index (χ4v) is 2.91. The minimum atomic E-state index is -0.245. The average molecular weight is 303 g/mol. The van der Waals surface area contributed by atoms with E-state index in [-0.39, 0.29) is 11.7 Å². The number of nitrogens with one attached hydrogen (secondary N) is 1. The maximum atomic E-state index is 13.3. The van der Waals surface area contributed by atoms with E-state index >= 15 is 0 Å². The second kappa shape index (κ2) is 6.63. The summed E-state index contributed by atoms with van der Waals surface area (Å²) in [4.78, 5) is 2.94. The van der Waals surface area contributed by atoms with Gasteiger partial charge in [-0.1, -0.05) is 18.2 Å². The lowest BCUT2D eigenvalue weighted by Gasteiger charge is -2.23. The van der Waals surface area contributed by atoms with Gasteiger partial charge in [0.15, 0.2) is 0 Å². The standard InChI is InChI=1S/C16H18FN3S/c1-20(10-11-5-3-6-12(17)9-11)13-7-4-8-14(21-2)15(13)16(18)19/h3-9H,10H2,1-2H3,(H3,18,19). The Hall–Kier alpha value is -2.01. The summed E-state index contributed by atoms with van der Waals surface area (Å²) in [5, 5.41) is 7.81. The van der Waals surface area contributed by atoms with E-state index in [4.69, 9.17) is 11.1 Å². The molecule has 0 fully saturated rings. The second-order valence-electron chi connectivity index (χ2n) is 4.75. The maximum Gasteiger partial charge on any atom is 0.126 e. The molecule has 0 aromatic heterocycles. The molecule has 0 unspecified atom stereocenters. The zero-order valence-electron chi connectivity index (χ0n) is 12.1. The summed E-state index contributed by atoms with van der Waals surface area (Å²) in [6.45, 7) is 0.551. The van der Waals surface area contributed by atoms with Crippen molar-refractivity contribution >= 4 is 23.3 Å². The molecular weight excluding hydrogens is 285 g/mol. The van der Waals surface area contributed by atoms with Crippen LogP contribution in [-0.4, -0.2) is 19.1 Å². The topological polar surface area (TPSA) is 53.1 Å². The highest BCUT2D eigenvalue weighted by Gasteiger charge is 2.14. The van der Waals surface area contributed by atoms with Gasteiger partial charge in [0, 0.05) is 24.2 Å². The summed E-state index contributed by atoms with van der Waals surface area (Å²) in [7, 11) is 1.91. The van der Waals surface area contributed by atoms with Crippen LogP contribution in [0, 0.1) is 11.2 Å². The van der Waals surface area contributed by atoms with E-state index in [1.807, 2.05) is 42.5 Å². The third kappa shape index (κ3) is 3.55. The number of nitrogens with zero attached hydrogens (tertiary/aromatic N) is 1. The lowest BCUT2D eigenvalue weighted by Crippen LogP contribution is -2.22. The normalized spacial score (nSPS) is 10.4. The molecule has 0 heterocycles. The van der Waals surface area contributed by atoms with E-state index in [0.29, 0.717) is 6.54 Å². The van der Waals surface area contributed by atoms with Crippen LogP contribution in [0.25, 0.3) is 0 Å². The highest BCUT2D eigenvalue weighted by molar-refractivity contribution is 7.98. The van der Waals surface area contributed by atoms with Gasteiger partial charge in [-0.25, -0.2) is 4.39 Å². The number of nitrogen functional groups attached to an aromatic ring is 1. The molecule has 0 bridgehead atoms. The fourth-order valence-electron chi connectivity index (χ4n) is 2.27. The number of amidine groups is 1. The van der Waals surface area contributed by atoms with Crippen LogP contribution >= 0.6 is 11.8 Å². The Labute approximate surface area is 128 Å². The van der Waals surface area contributed by atoms with Crippen LogP contribution in [0.2, 0.25) is 0 Å². The third-order valence-corrected chi connectivity index (χ3v) is 3.99. The fraction of sp³-hybridized carbons (Fsp3) is 0.188. The number of rotatable bonds is 5. The van der Waals surface area contributed by atoms with Gasteiger partial charge in [0.25, 0.3) is 0 Å². The zero-order chi connectivity index (χ0) is 15.4. The number of anilines is 1. The molecule has 0 saturated heterocycles. The first-order valence-electron chi connectivity index (χ1n) is 6.50. The van der Waals surface area contributed by atoms with Crippen LogP contribution < -0.4 is 10.6 Å². The van der Waals surface area contributed by atoms with Crippen molar-refractivity contribution in [2.75, 3.05) is 18.2 Å². The van der Waals surface area contributed by atoms with Crippen molar-refractivity contribution in [1.29, 1.82) is 5.41 Å². The summed E-state index contributed by atoms with van der Waals surface area (Å²) >= 11 is 1.56. The summed E-state index contributed by atoms with van der Waals surface area (Å²) in [5.74, 6) is -0.202. The number of halogens is 1. The lowest BCUT2D eigenvalue weighted by atomic mass is 10.1. The minimum absolute atomic E-state index is 0.0426. The monoisotopic (exact) mass is 303 g/mol. The molecule has 2 aromatic carbocycles. The Morgan fingerprint density at radius 1 is 1.29 bits per heavy atom. The molecule has 2 aromatic rings. The Bertz CT molecular complexity index is 658. The van der Waals surface area contributed by atoms with Crippen molar-refractivity contribution in [3.05, 3.63) is 59.4 Å². The molecular formula is C16H18FN3S. The van der Waals surface area contributed by atoms with Crippen molar-refractivity contribution in [3.63, 3.8) is 0 Å².